The minimum atomic E-state index is -0.384. The zero-order chi connectivity index (χ0) is 25.4. The van der Waals surface area contributed by atoms with Crippen molar-refractivity contribution >= 4 is 23.3 Å². The van der Waals surface area contributed by atoms with Crippen LogP contribution in [-0.2, 0) is 12.0 Å². The molecule has 36 heavy (non-hydrogen) atoms. The van der Waals surface area contributed by atoms with Crippen LogP contribution in [0, 0.1) is 5.82 Å². The van der Waals surface area contributed by atoms with E-state index in [1.54, 1.807) is 24.4 Å². The Kier molecular flexibility index (Phi) is 6.04. The Bertz CT molecular complexity index is 1450. The number of pyridine rings is 1. The molecule has 0 fully saturated rings. The molecule has 5 rings (SSSR count). The third-order valence-electron chi connectivity index (χ3n) is 6.48. The van der Waals surface area contributed by atoms with Gasteiger partial charge in [-0.1, -0.05) is 45.0 Å². The number of nitrogens with one attached hydrogen (secondary N) is 2. The van der Waals surface area contributed by atoms with Crippen LogP contribution in [-0.4, -0.2) is 45.7 Å². The molecule has 184 valence electrons. The number of rotatable bonds is 5. The highest BCUT2D eigenvalue weighted by molar-refractivity contribution is 5.94. The number of carbonyl (C=O) groups is 1. The van der Waals surface area contributed by atoms with Crippen molar-refractivity contribution < 1.29 is 9.18 Å². The molecule has 1 amide bonds. The monoisotopic (exact) mass is 484 g/mol. The molecule has 1 atom stereocenters. The Labute approximate surface area is 209 Å². The number of fused-ring (bicyclic) bond motifs is 1. The summed E-state index contributed by atoms with van der Waals surface area (Å²) >= 11 is 0. The zero-order valence-electron chi connectivity index (χ0n) is 20.8. The van der Waals surface area contributed by atoms with E-state index in [1.165, 1.54) is 6.07 Å². The lowest BCUT2D eigenvalue weighted by Crippen LogP contribution is -2.23. The number of hydrogen-bond acceptors (Lipinski definition) is 5. The summed E-state index contributed by atoms with van der Waals surface area (Å²) < 4.78 is 15.1. The van der Waals surface area contributed by atoms with Crippen molar-refractivity contribution in [1.29, 1.82) is 0 Å². The van der Waals surface area contributed by atoms with Gasteiger partial charge in [-0.05, 0) is 40.8 Å². The Morgan fingerprint density at radius 3 is 2.61 bits per heavy atom. The van der Waals surface area contributed by atoms with E-state index in [9.17, 15) is 4.79 Å². The molecule has 0 bridgehead atoms. The maximum absolute atomic E-state index is 15.1. The average molecular weight is 485 g/mol. The van der Waals surface area contributed by atoms with Crippen molar-refractivity contribution in [2.75, 3.05) is 13.6 Å². The lowest BCUT2D eigenvalue weighted by molar-refractivity contribution is 0.0950. The molecule has 1 aliphatic rings. The van der Waals surface area contributed by atoms with Gasteiger partial charge in [-0.25, -0.2) is 14.4 Å². The number of imidazole rings is 1. The number of benzene rings is 2. The first-order valence-electron chi connectivity index (χ1n) is 12.0. The van der Waals surface area contributed by atoms with Crippen molar-refractivity contribution in [3.63, 3.8) is 0 Å². The molecule has 0 saturated carbocycles. The van der Waals surface area contributed by atoms with Gasteiger partial charge in [-0.3, -0.25) is 9.80 Å². The molecule has 1 aliphatic heterocycles. The van der Waals surface area contributed by atoms with Crippen LogP contribution in [0.4, 0.5) is 4.39 Å². The second kappa shape index (κ2) is 9.18. The first-order valence-corrected chi connectivity index (χ1v) is 12.0. The van der Waals surface area contributed by atoms with Crippen LogP contribution in [0.15, 0.2) is 59.8 Å². The molecule has 3 heterocycles. The van der Waals surface area contributed by atoms with Crippen LogP contribution >= 0.6 is 0 Å². The molecular weight excluding hydrogens is 455 g/mol. The number of H-pyrrole nitrogens is 1. The van der Waals surface area contributed by atoms with Crippen LogP contribution in [0.3, 0.4) is 0 Å². The molecule has 2 aromatic heterocycles. The highest BCUT2D eigenvalue weighted by Crippen LogP contribution is 2.29. The second-order valence-electron chi connectivity index (χ2n) is 10.2. The van der Waals surface area contributed by atoms with Gasteiger partial charge in [0, 0.05) is 42.7 Å². The van der Waals surface area contributed by atoms with Crippen LogP contribution in [0.1, 0.15) is 54.0 Å². The molecular formula is C28H29FN6O. The SMILES string of the molecule is CN1CC(c2nc3nccc(-c4ccc(CNC(=O)c5ccc(C(C)(C)C)cc5)c(F)c4)c3[nH]2)C=N1. The Morgan fingerprint density at radius 2 is 1.94 bits per heavy atom. The molecule has 2 aromatic carbocycles. The highest BCUT2D eigenvalue weighted by Gasteiger charge is 2.22. The first-order chi connectivity index (χ1) is 17.2. The number of aromatic nitrogens is 3. The number of halogens is 1. The topological polar surface area (TPSA) is 86.3 Å². The van der Waals surface area contributed by atoms with Crippen LogP contribution in [0.2, 0.25) is 0 Å². The minimum Gasteiger partial charge on any atom is -0.348 e. The number of nitrogens with zero attached hydrogens (tertiary/aromatic N) is 4. The third-order valence-corrected chi connectivity index (χ3v) is 6.48. The predicted molar refractivity (Wildman–Crippen MR) is 139 cm³/mol. The van der Waals surface area contributed by atoms with Gasteiger partial charge in [0.05, 0.1) is 18.0 Å². The number of amides is 1. The average Bonchev–Trinajstić information content (AvgIpc) is 3.48. The molecule has 7 nitrogen and oxygen atoms in total. The predicted octanol–water partition coefficient (Wildman–Crippen LogP) is 5.01. The fourth-order valence-corrected chi connectivity index (χ4v) is 4.33. The lowest BCUT2D eigenvalue weighted by atomic mass is 9.87. The minimum absolute atomic E-state index is 0.0134. The van der Waals surface area contributed by atoms with E-state index in [1.807, 2.05) is 42.5 Å². The van der Waals surface area contributed by atoms with Crippen LogP contribution < -0.4 is 5.32 Å². The Hall–Kier alpha value is -4.07. The molecule has 8 heteroatoms. The summed E-state index contributed by atoms with van der Waals surface area (Å²) in [5.74, 6) is 0.226. The molecule has 0 spiro atoms. The highest BCUT2D eigenvalue weighted by atomic mass is 19.1. The number of hydrazone groups is 1. The van der Waals surface area contributed by atoms with E-state index in [-0.39, 0.29) is 29.6 Å². The van der Waals surface area contributed by atoms with Gasteiger partial charge in [0.15, 0.2) is 5.65 Å². The fraction of sp³-hybridized carbons (Fsp3) is 0.286. The number of hydrogen-bond donors (Lipinski definition) is 2. The van der Waals surface area contributed by atoms with E-state index < -0.39 is 0 Å². The molecule has 0 saturated heterocycles. The standard InChI is InChI=1S/C28H29FN6O/c1-28(2,3)21-9-7-17(8-10-21)27(36)31-14-19-6-5-18(13-23(19)29)22-11-12-30-26-24(22)33-25(34-26)20-15-32-35(4)16-20/h5-13,15,20H,14,16H2,1-4H3,(H,31,36)(H,30,33,34). The van der Waals surface area contributed by atoms with Crippen molar-refractivity contribution in [2.45, 2.75) is 38.6 Å². The van der Waals surface area contributed by atoms with Gasteiger partial charge in [0.25, 0.3) is 5.91 Å². The van der Waals surface area contributed by atoms with Gasteiger partial charge in [0.2, 0.25) is 0 Å². The van der Waals surface area contributed by atoms with Crippen LogP contribution in [0.5, 0.6) is 0 Å². The summed E-state index contributed by atoms with van der Waals surface area (Å²) in [5, 5.41) is 8.96. The summed E-state index contributed by atoms with van der Waals surface area (Å²) in [4.78, 5) is 25.0. The number of likely N-dealkylation sites (N-methyl/N-ethyl adjacent to an activating group) is 1. The van der Waals surface area contributed by atoms with Gasteiger partial charge in [-0.2, -0.15) is 5.10 Å². The zero-order valence-corrected chi connectivity index (χ0v) is 20.8. The molecule has 1 unspecified atom stereocenters. The normalized spacial score (nSPS) is 15.6. The van der Waals surface area contributed by atoms with E-state index in [0.29, 0.717) is 22.3 Å². The second-order valence-corrected chi connectivity index (χ2v) is 10.2. The van der Waals surface area contributed by atoms with Gasteiger partial charge >= 0.3 is 0 Å². The van der Waals surface area contributed by atoms with Crippen molar-refractivity contribution in [3.8, 4) is 11.1 Å². The summed E-state index contributed by atoms with van der Waals surface area (Å²) in [6.45, 7) is 7.21. The van der Waals surface area contributed by atoms with Crippen molar-refractivity contribution in [2.24, 2.45) is 5.10 Å². The van der Waals surface area contributed by atoms with Gasteiger partial charge < -0.3 is 10.3 Å². The maximum Gasteiger partial charge on any atom is 0.251 e. The molecule has 0 aliphatic carbocycles. The Morgan fingerprint density at radius 1 is 1.17 bits per heavy atom. The summed E-state index contributed by atoms with van der Waals surface area (Å²) in [6.07, 6.45) is 3.53. The van der Waals surface area contributed by atoms with Gasteiger partial charge in [0.1, 0.15) is 11.6 Å². The van der Waals surface area contributed by atoms with E-state index in [4.69, 9.17) is 0 Å². The number of aromatic amines is 1. The summed E-state index contributed by atoms with van der Waals surface area (Å²) in [7, 11) is 1.91. The molecule has 0 radical (unpaired) electrons. The van der Waals surface area contributed by atoms with Crippen LogP contribution in [0.25, 0.3) is 22.3 Å². The molecule has 4 aromatic rings. The third kappa shape index (κ3) is 4.71. The lowest BCUT2D eigenvalue weighted by Gasteiger charge is -2.19. The van der Waals surface area contributed by atoms with Crippen molar-refractivity contribution in [1.82, 2.24) is 25.3 Å². The fourth-order valence-electron chi connectivity index (χ4n) is 4.33. The quantitative estimate of drug-likeness (QED) is 0.417. The van der Waals surface area contributed by atoms with E-state index in [2.05, 4.69) is 46.1 Å². The van der Waals surface area contributed by atoms with E-state index in [0.717, 1.165) is 29.0 Å². The Balaban J connectivity index is 1.32. The van der Waals surface area contributed by atoms with Gasteiger partial charge in [-0.15, -0.1) is 0 Å². The summed E-state index contributed by atoms with van der Waals surface area (Å²) in [5.41, 5.74) is 5.00. The van der Waals surface area contributed by atoms with E-state index >= 15 is 4.39 Å². The largest absolute Gasteiger partial charge is 0.348 e. The first kappa shape index (κ1) is 23.7. The molecule has 2 N–H and O–H groups in total. The number of carbonyl (C=O) groups excluding carboxylic acids is 1. The van der Waals surface area contributed by atoms with Crippen molar-refractivity contribution in [3.05, 3.63) is 83.1 Å². The summed E-state index contributed by atoms with van der Waals surface area (Å²) in [6, 6.07) is 14.4. The maximum atomic E-state index is 15.1. The smallest absolute Gasteiger partial charge is 0.251 e.